The molecular formula is C16H31IN4OS. The van der Waals surface area contributed by atoms with E-state index in [1.807, 2.05) is 6.92 Å². The van der Waals surface area contributed by atoms with E-state index in [-0.39, 0.29) is 24.0 Å². The van der Waals surface area contributed by atoms with Crippen molar-refractivity contribution in [3.63, 3.8) is 0 Å². The number of rotatable bonds is 10. The maximum absolute atomic E-state index is 5.32. The maximum Gasteiger partial charge on any atom is 0.190 e. The van der Waals surface area contributed by atoms with Crippen LogP contribution in [0.3, 0.4) is 0 Å². The summed E-state index contributed by atoms with van der Waals surface area (Å²) in [4.78, 5) is 8.87. The van der Waals surface area contributed by atoms with Crippen molar-refractivity contribution in [1.29, 1.82) is 0 Å². The largest absolute Gasteiger partial charge is 0.382 e. The highest BCUT2D eigenvalue weighted by Crippen LogP contribution is 2.19. The van der Waals surface area contributed by atoms with Gasteiger partial charge in [0.15, 0.2) is 5.96 Å². The number of unbranched alkanes of at least 4 members (excludes halogenated alkanes) is 1. The van der Waals surface area contributed by atoms with Crippen molar-refractivity contribution in [2.45, 2.75) is 46.0 Å². The summed E-state index contributed by atoms with van der Waals surface area (Å²) < 4.78 is 5.32. The predicted octanol–water partition coefficient (Wildman–Crippen LogP) is 3.41. The van der Waals surface area contributed by atoms with E-state index in [9.17, 15) is 0 Å². The number of nitrogens with one attached hydrogen (secondary N) is 2. The first-order valence-corrected chi connectivity index (χ1v) is 9.01. The van der Waals surface area contributed by atoms with Gasteiger partial charge in [0.25, 0.3) is 0 Å². The standard InChI is InChI=1S/C16H30N4OS.HI/c1-5-21-11-7-6-9-18-16(17-4)19-10-8-14-12-22-15(20-14)13(2)3;/h12-13H,5-11H2,1-4H3,(H2,17,18,19);1H. The summed E-state index contributed by atoms with van der Waals surface area (Å²) in [7, 11) is 1.80. The fraction of sp³-hybridized carbons (Fsp3) is 0.750. The smallest absolute Gasteiger partial charge is 0.190 e. The van der Waals surface area contributed by atoms with Gasteiger partial charge < -0.3 is 15.4 Å². The predicted molar refractivity (Wildman–Crippen MR) is 110 cm³/mol. The van der Waals surface area contributed by atoms with Gasteiger partial charge in [-0.2, -0.15) is 0 Å². The lowest BCUT2D eigenvalue weighted by atomic mass is 10.2. The molecule has 0 bridgehead atoms. The second-order valence-electron chi connectivity index (χ2n) is 5.41. The molecule has 0 aliphatic carbocycles. The second kappa shape index (κ2) is 14.0. The van der Waals surface area contributed by atoms with E-state index in [4.69, 9.17) is 4.74 Å². The van der Waals surface area contributed by atoms with Crippen molar-refractivity contribution in [1.82, 2.24) is 15.6 Å². The number of nitrogens with zero attached hydrogens (tertiary/aromatic N) is 2. The molecule has 0 unspecified atom stereocenters. The monoisotopic (exact) mass is 454 g/mol. The Morgan fingerprint density at radius 2 is 2.04 bits per heavy atom. The minimum atomic E-state index is 0. The topological polar surface area (TPSA) is 58.5 Å². The lowest BCUT2D eigenvalue weighted by Crippen LogP contribution is -2.38. The summed E-state index contributed by atoms with van der Waals surface area (Å²) >= 11 is 1.75. The van der Waals surface area contributed by atoms with Crippen molar-refractivity contribution in [3.8, 4) is 0 Å². The SMILES string of the molecule is CCOCCCCNC(=NC)NCCc1csc(C(C)C)n1.I. The minimum absolute atomic E-state index is 0. The first-order valence-electron chi connectivity index (χ1n) is 8.14. The molecular weight excluding hydrogens is 423 g/mol. The molecule has 23 heavy (non-hydrogen) atoms. The molecule has 0 saturated heterocycles. The first kappa shape index (κ1) is 22.6. The Morgan fingerprint density at radius 1 is 1.30 bits per heavy atom. The molecule has 2 N–H and O–H groups in total. The normalized spacial score (nSPS) is 11.4. The van der Waals surface area contributed by atoms with E-state index >= 15 is 0 Å². The third-order valence-corrected chi connectivity index (χ3v) is 4.37. The molecule has 0 aliphatic rings. The Kier molecular flexibility index (Phi) is 13.7. The molecule has 1 heterocycles. The van der Waals surface area contributed by atoms with Gasteiger partial charge in [0, 0.05) is 51.1 Å². The molecule has 0 fully saturated rings. The molecule has 0 aliphatic heterocycles. The van der Waals surface area contributed by atoms with Crippen molar-refractivity contribution in [2.24, 2.45) is 4.99 Å². The molecule has 1 aromatic rings. The number of halogens is 1. The zero-order valence-electron chi connectivity index (χ0n) is 14.7. The van der Waals surface area contributed by atoms with E-state index in [1.54, 1.807) is 18.4 Å². The van der Waals surface area contributed by atoms with E-state index in [0.29, 0.717) is 5.92 Å². The molecule has 0 saturated carbocycles. The Hall–Kier alpha value is -0.410. The molecule has 0 spiro atoms. The van der Waals surface area contributed by atoms with Crippen LogP contribution in [0.1, 0.15) is 50.2 Å². The van der Waals surface area contributed by atoms with Gasteiger partial charge in [0.1, 0.15) is 0 Å². The Balaban J connectivity index is 0.00000484. The van der Waals surface area contributed by atoms with Crippen molar-refractivity contribution in [3.05, 3.63) is 16.1 Å². The van der Waals surface area contributed by atoms with Gasteiger partial charge in [-0.3, -0.25) is 4.99 Å². The van der Waals surface area contributed by atoms with Crippen LogP contribution in [0.2, 0.25) is 0 Å². The van der Waals surface area contributed by atoms with Gasteiger partial charge in [0.2, 0.25) is 0 Å². The number of ether oxygens (including phenoxy) is 1. The van der Waals surface area contributed by atoms with Gasteiger partial charge >= 0.3 is 0 Å². The van der Waals surface area contributed by atoms with Crippen LogP contribution in [0.25, 0.3) is 0 Å². The van der Waals surface area contributed by atoms with Gasteiger partial charge in [-0.15, -0.1) is 35.3 Å². The Labute approximate surface area is 161 Å². The van der Waals surface area contributed by atoms with Crippen molar-refractivity contribution >= 4 is 41.3 Å². The van der Waals surface area contributed by atoms with Gasteiger partial charge in [-0.05, 0) is 19.8 Å². The number of aliphatic imine (C=N–C) groups is 1. The second-order valence-corrected chi connectivity index (χ2v) is 6.30. The average molecular weight is 454 g/mol. The van der Waals surface area contributed by atoms with Crippen LogP contribution in [0.15, 0.2) is 10.4 Å². The molecule has 0 amide bonds. The number of aromatic nitrogens is 1. The minimum Gasteiger partial charge on any atom is -0.382 e. The van der Waals surface area contributed by atoms with E-state index in [2.05, 4.69) is 39.8 Å². The van der Waals surface area contributed by atoms with Crippen LogP contribution in [0.4, 0.5) is 0 Å². The fourth-order valence-corrected chi connectivity index (χ4v) is 2.78. The zero-order chi connectivity index (χ0) is 16.2. The summed E-state index contributed by atoms with van der Waals surface area (Å²) in [5, 5.41) is 10.0. The number of hydrogen-bond donors (Lipinski definition) is 2. The van der Waals surface area contributed by atoms with Crippen LogP contribution in [0.5, 0.6) is 0 Å². The fourth-order valence-electron chi connectivity index (χ4n) is 1.91. The highest BCUT2D eigenvalue weighted by molar-refractivity contribution is 14.0. The molecule has 5 nitrogen and oxygen atoms in total. The molecule has 0 atom stereocenters. The van der Waals surface area contributed by atoms with E-state index < -0.39 is 0 Å². The summed E-state index contributed by atoms with van der Waals surface area (Å²) in [5.74, 6) is 1.37. The Morgan fingerprint density at radius 3 is 2.65 bits per heavy atom. The molecule has 0 radical (unpaired) electrons. The quantitative estimate of drug-likeness (QED) is 0.246. The lowest BCUT2D eigenvalue weighted by molar-refractivity contribution is 0.143. The lowest BCUT2D eigenvalue weighted by Gasteiger charge is -2.11. The van der Waals surface area contributed by atoms with Gasteiger partial charge in [0.05, 0.1) is 10.7 Å². The third kappa shape index (κ3) is 10.1. The average Bonchev–Trinajstić information content (AvgIpc) is 2.98. The third-order valence-electron chi connectivity index (χ3n) is 3.17. The van der Waals surface area contributed by atoms with Gasteiger partial charge in [-0.25, -0.2) is 4.98 Å². The molecule has 1 rings (SSSR count). The molecule has 0 aromatic carbocycles. The summed E-state index contributed by atoms with van der Waals surface area (Å²) in [6.07, 6.45) is 3.09. The number of guanidine groups is 1. The number of thiazole rings is 1. The van der Waals surface area contributed by atoms with Crippen LogP contribution in [0, 0.1) is 0 Å². The van der Waals surface area contributed by atoms with Gasteiger partial charge in [-0.1, -0.05) is 13.8 Å². The molecule has 1 aromatic heterocycles. The zero-order valence-corrected chi connectivity index (χ0v) is 17.9. The van der Waals surface area contributed by atoms with Crippen molar-refractivity contribution in [2.75, 3.05) is 33.4 Å². The maximum atomic E-state index is 5.32. The van der Waals surface area contributed by atoms with E-state index in [0.717, 1.165) is 57.2 Å². The molecule has 134 valence electrons. The van der Waals surface area contributed by atoms with E-state index in [1.165, 1.54) is 5.01 Å². The first-order chi connectivity index (χ1) is 10.7. The van der Waals surface area contributed by atoms with Crippen LogP contribution in [-0.2, 0) is 11.2 Å². The summed E-state index contributed by atoms with van der Waals surface area (Å²) in [5.41, 5.74) is 1.16. The van der Waals surface area contributed by atoms with Crippen LogP contribution in [-0.4, -0.2) is 44.3 Å². The highest BCUT2D eigenvalue weighted by Gasteiger charge is 2.05. The summed E-state index contributed by atoms with van der Waals surface area (Å²) in [6, 6.07) is 0. The van der Waals surface area contributed by atoms with Crippen LogP contribution >= 0.6 is 35.3 Å². The van der Waals surface area contributed by atoms with Crippen molar-refractivity contribution < 1.29 is 4.74 Å². The highest BCUT2D eigenvalue weighted by atomic mass is 127. The molecule has 7 heteroatoms. The number of hydrogen-bond acceptors (Lipinski definition) is 4. The van der Waals surface area contributed by atoms with Crippen LogP contribution < -0.4 is 10.6 Å². The summed E-state index contributed by atoms with van der Waals surface area (Å²) in [6.45, 7) is 9.78. The Bertz CT molecular complexity index is 437.